The molecule has 0 atom stereocenters. The highest BCUT2D eigenvalue weighted by Crippen LogP contribution is 2.20. The predicted molar refractivity (Wildman–Crippen MR) is 72.7 cm³/mol. The fourth-order valence-corrected chi connectivity index (χ4v) is 1.84. The number of aryl methyl sites for hydroxylation is 1. The van der Waals surface area contributed by atoms with Crippen LogP contribution in [-0.2, 0) is 6.54 Å². The van der Waals surface area contributed by atoms with Crippen LogP contribution in [0.3, 0.4) is 0 Å². The summed E-state index contributed by atoms with van der Waals surface area (Å²) < 4.78 is 5.49. The van der Waals surface area contributed by atoms with Crippen molar-refractivity contribution in [2.75, 3.05) is 17.7 Å². The largest absolute Gasteiger partial charge is 0.464 e. The van der Waals surface area contributed by atoms with Crippen LogP contribution in [0.5, 0.6) is 0 Å². The first-order chi connectivity index (χ1) is 8.97. The normalized spacial score (nSPS) is 10.4. The van der Waals surface area contributed by atoms with E-state index in [2.05, 4.69) is 4.98 Å². The molecule has 0 unspecified atom stereocenters. The van der Waals surface area contributed by atoms with E-state index < -0.39 is 5.91 Å². The molecular formula is C13H16N4O2. The Bertz CT molecular complexity index is 606. The number of nitrogens with two attached hydrogens (primary N) is 2. The second-order valence-corrected chi connectivity index (χ2v) is 4.37. The molecule has 0 aliphatic carbocycles. The van der Waals surface area contributed by atoms with Crippen molar-refractivity contribution in [3.63, 3.8) is 0 Å². The quantitative estimate of drug-likeness (QED) is 0.863. The third-order valence-electron chi connectivity index (χ3n) is 2.70. The van der Waals surface area contributed by atoms with Gasteiger partial charge in [-0.25, -0.2) is 4.98 Å². The Morgan fingerprint density at radius 2 is 2.21 bits per heavy atom. The smallest absolute Gasteiger partial charge is 0.252 e. The summed E-state index contributed by atoms with van der Waals surface area (Å²) in [5, 5.41) is 0. The molecule has 1 amide bonds. The van der Waals surface area contributed by atoms with Crippen molar-refractivity contribution in [2.24, 2.45) is 5.73 Å². The van der Waals surface area contributed by atoms with E-state index in [-0.39, 0.29) is 0 Å². The molecule has 2 rings (SSSR count). The van der Waals surface area contributed by atoms with Crippen molar-refractivity contribution in [1.29, 1.82) is 0 Å². The molecule has 100 valence electrons. The molecule has 6 heteroatoms. The molecule has 0 aliphatic rings. The summed E-state index contributed by atoms with van der Waals surface area (Å²) in [5.74, 6) is 1.55. The van der Waals surface area contributed by atoms with Crippen molar-refractivity contribution in [2.45, 2.75) is 13.5 Å². The summed E-state index contributed by atoms with van der Waals surface area (Å²) in [6.07, 6.45) is 1.49. The Hall–Kier alpha value is -2.50. The Kier molecular flexibility index (Phi) is 3.41. The van der Waals surface area contributed by atoms with Gasteiger partial charge in [-0.1, -0.05) is 0 Å². The average Bonchev–Trinajstić information content (AvgIpc) is 2.74. The molecule has 0 spiro atoms. The molecule has 2 aromatic rings. The molecule has 0 bridgehead atoms. The van der Waals surface area contributed by atoms with E-state index in [1.165, 1.54) is 12.3 Å². The third kappa shape index (κ3) is 2.85. The lowest BCUT2D eigenvalue weighted by molar-refractivity contribution is 0.100. The van der Waals surface area contributed by atoms with Crippen molar-refractivity contribution in [3.05, 3.63) is 41.5 Å². The van der Waals surface area contributed by atoms with Crippen molar-refractivity contribution in [3.8, 4) is 0 Å². The SMILES string of the molecule is Cc1ccc(CN(C)c2ncc(N)cc2C(N)=O)o1. The second kappa shape index (κ2) is 5.01. The first-order valence-corrected chi connectivity index (χ1v) is 5.79. The van der Waals surface area contributed by atoms with E-state index in [4.69, 9.17) is 15.9 Å². The van der Waals surface area contributed by atoms with Gasteiger partial charge >= 0.3 is 0 Å². The molecule has 0 aliphatic heterocycles. The number of primary amides is 1. The monoisotopic (exact) mass is 260 g/mol. The van der Waals surface area contributed by atoms with Crippen LogP contribution >= 0.6 is 0 Å². The standard InChI is InChI=1S/C13H16N4O2/c1-8-3-4-10(19-8)7-17(2)13-11(12(15)18)5-9(14)6-16-13/h3-6H,7,14H2,1-2H3,(H2,15,18). The Morgan fingerprint density at radius 3 is 2.79 bits per heavy atom. The summed E-state index contributed by atoms with van der Waals surface area (Å²) in [4.78, 5) is 17.4. The topological polar surface area (TPSA) is 98.4 Å². The lowest BCUT2D eigenvalue weighted by atomic mass is 10.2. The third-order valence-corrected chi connectivity index (χ3v) is 2.70. The maximum Gasteiger partial charge on any atom is 0.252 e. The van der Waals surface area contributed by atoms with Crippen LogP contribution in [0.4, 0.5) is 11.5 Å². The predicted octanol–water partition coefficient (Wildman–Crippen LogP) is 1.30. The highest BCUT2D eigenvalue weighted by atomic mass is 16.3. The highest BCUT2D eigenvalue weighted by molar-refractivity contribution is 5.98. The van der Waals surface area contributed by atoms with Gasteiger partial charge in [0.05, 0.1) is 24.0 Å². The minimum absolute atomic E-state index is 0.297. The molecule has 2 heterocycles. The van der Waals surface area contributed by atoms with Crippen LogP contribution in [0.2, 0.25) is 0 Å². The molecular weight excluding hydrogens is 244 g/mol. The van der Waals surface area contributed by atoms with Gasteiger partial charge in [0.25, 0.3) is 5.91 Å². The van der Waals surface area contributed by atoms with Crippen molar-refractivity contribution < 1.29 is 9.21 Å². The number of rotatable bonds is 4. The van der Waals surface area contributed by atoms with Crippen LogP contribution < -0.4 is 16.4 Å². The molecule has 0 radical (unpaired) electrons. The maximum absolute atomic E-state index is 11.4. The van der Waals surface area contributed by atoms with Gasteiger partial charge in [0.2, 0.25) is 0 Å². The fourth-order valence-electron chi connectivity index (χ4n) is 1.84. The lowest BCUT2D eigenvalue weighted by Gasteiger charge is -2.19. The minimum atomic E-state index is -0.558. The molecule has 4 N–H and O–H groups in total. The zero-order valence-corrected chi connectivity index (χ0v) is 10.9. The lowest BCUT2D eigenvalue weighted by Crippen LogP contribution is -2.23. The van der Waals surface area contributed by atoms with Gasteiger partial charge in [-0.05, 0) is 25.1 Å². The number of hydrogen-bond acceptors (Lipinski definition) is 5. The van der Waals surface area contributed by atoms with Gasteiger partial charge in [0.15, 0.2) is 0 Å². The average molecular weight is 260 g/mol. The van der Waals surface area contributed by atoms with E-state index in [9.17, 15) is 4.79 Å². The van der Waals surface area contributed by atoms with Gasteiger partial charge in [-0.3, -0.25) is 4.79 Å². The van der Waals surface area contributed by atoms with Gasteiger partial charge in [0.1, 0.15) is 17.3 Å². The van der Waals surface area contributed by atoms with Gasteiger partial charge < -0.3 is 20.8 Å². The number of pyridine rings is 1. The van der Waals surface area contributed by atoms with E-state index >= 15 is 0 Å². The van der Waals surface area contributed by atoms with E-state index in [1.54, 1.807) is 4.90 Å². The second-order valence-electron chi connectivity index (χ2n) is 4.37. The molecule has 0 saturated carbocycles. The molecule has 19 heavy (non-hydrogen) atoms. The minimum Gasteiger partial charge on any atom is -0.464 e. The number of anilines is 2. The van der Waals surface area contributed by atoms with E-state index in [0.717, 1.165) is 11.5 Å². The zero-order chi connectivity index (χ0) is 14.0. The summed E-state index contributed by atoms with van der Waals surface area (Å²) >= 11 is 0. The van der Waals surface area contributed by atoms with Gasteiger partial charge in [0, 0.05) is 7.05 Å². The van der Waals surface area contributed by atoms with Crippen LogP contribution in [0.1, 0.15) is 21.9 Å². The van der Waals surface area contributed by atoms with Gasteiger partial charge in [-0.2, -0.15) is 0 Å². The van der Waals surface area contributed by atoms with Gasteiger partial charge in [-0.15, -0.1) is 0 Å². The Labute approximate surface area is 111 Å². The number of hydrogen-bond donors (Lipinski definition) is 2. The summed E-state index contributed by atoms with van der Waals surface area (Å²) in [7, 11) is 1.81. The Balaban J connectivity index is 2.28. The maximum atomic E-state index is 11.4. The van der Waals surface area contributed by atoms with Crippen LogP contribution in [-0.4, -0.2) is 17.9 Å². The first kappa shape index (κ1) is 12.9. The molecule has 0 fully saturated rings. The molecule has 2 aromatic heterocycles. The molecule has 0 aromatic carbocycles. The zero-order valence-electron chi connectivity index (χ0n) is 10.9. The number of furan rings is 1. The number of nitrogen functional groups attached to an aromatic ring is 1. The van der Waals surface area contributed by atoms with Crippen LogP contribution in [0, 0.1) is 6.92 Å². The van der Waals surface area contributed by atoms with Crippen LogP contribution in [0.15, 0.2) is 28.8 Å². The number of aromatic nitrogens is 1. The van der Waals surface area contributed by atoms with E-state index in [1.807, 2.05) is 26.1 Å². The number of amides is 1. The summed E-state index contributed by atoms with van der Waals surface area (Å²) in [6, 6.07) is 5.29. The fraction of sp³-hybridized carbons (Fsp3) is 0.231. The van der Waals surface area contributed by atoms with Crippen molar-refractivity contribution >= 4 is 17.4 Å². The Morgan fingerprint density at radius 1 is 1.47 bits per heavy atom. The first-order valence-electron chi connectivity index (χ1n) is 5.79. The number of carbonyl (C=O) groups excluding carboxylic acids is 1. The van der Waals surface area contributed by atoms with E-state index in [0.29, 0.717) is 23.6 Å². The van der Waals surface area contributed by atoms with Crippen LogP contribution in [0.25, 0.3) is 0 Å². The summed E-state index contributed by atoms with van der Waals surface area (Å²) in [5.41, 5.74) is 11.6. The highest BCUT2D eigenvalue weighted by Gasteiger charge is 2.15. The molecule has 0 saturated heterocycles. The number of carbonyl (C=O) groups is 1. The summed E-state index contributed by atoms with van der Waals surface area (Å²) in [6.45, 7) is 2.37. The van der Waals surface area contributed by atoms with Crippen molar-refractivity contribution in [1.82, 2.24) is 4.98 Å². The molecule has 6 nitrogen and oxygen atoms in total. The number of nitrogens with zero attached hydrogens (tertiary/aromatic N) is 2.